The van der Waals surface area contributed by atoms with Gasteiger partial charge in [0.2, 0.25) is 0 Å². The highest BCUT2D eigenvalue weighted by atomic mass is 127. The van der Waals surface area contributed by atoms with Crippen LogP contribution in [0.2, 0.25) is 0 Å². The van der Waals surface area contributed by atoms with Crippen LogP contribution in [0.15, 0.2) is 23.2 Å². The van der Waals surface area contributed by atoms with E-state index in [1.807, 2.05) is 6.07 Å². The van der Waals surface area contributed by atoms with Crippen LogP contribution < -0.4 is 10.6 Å². The van der Waals surface area contributed by atoms with Gasteiger partial charge in [-0.1, -0.05) is 12.1 Å². The van der Waals surface area contributed by atoms with Crippen molar-refractivity contribution in [3.05, 3.63) is 35.1 Å². The lowest BCUT2D eigenvalue weighted by Crippen LogP contribution is -2.39. The molecule has 1 heterocycles. The standard InChI is InChI=1S/C19H31FN4.HI/c1-4-21-19(22-10-7-16-8-11-24(3)12-9-16)23-14-17-6-5-15(2)18(20)13-17;/h5-6,13,16H,4,7-12,14H2,1-3H3,(H2,21,22,23);1H. The van der Waals surface area contributed by atoms with Gasteiger partial charge in [0.1, 0.15) is 5.82 Å². The molecule has 0 spiro atoms. The molecule has 2 rings (SSSR count). The van der Waals surface area contributed by atoms with Crippen LogP contribution >= 0.6 is 24.0 Å². The SMILES string of the molecule is CCNC(=NCc1ccc(C)c(F)c1)NCCC1CCN(C)CC1.I. The summed E-state index contributed by atoms with van der Waals surface area (Å²) in [5, 5.41) is 6.67. The summed E-state index contributed by atoms with van der Waals surface area (Å²) in [6, 6.07) is 5.31. The van der Waals surface area contributed by atoms with Crippen molar-refractivity contribution < 1.29 is 4.39 Å². The average Bonchev–Trinajstić information content (AvgIpc) is 2.57. The number of nitrogens with one attached hydrogen (secondary N) is 2. The molecule has 0 unspecified atom stereocenters. The molecule has 25 heavy (non-hydrogen) atoms. The lowest BCUT2D eigenvalue weighted by Gasteiger charge is -2.29. The Bertz CT molecular complexity index is 542. The fraction of sp³-hybridized carbons (Fsp3) is 0.632. The Morgan fingerprint density at radius 3 is 2.64 bits per heavy atom. The number of piperidine rings is 1. The summed E-state index contributed by atoms with van der Waals surface area (Å²) >= 11 is 0. The van der Waals surface area contributed by atoms with E-state index in [2.05, 4.69) is 34.5 Å². The van der Waals surface area contributed by atoms with Crippen LogP contribution in [0, 0.1) is 18.7 Å². The third kappa shape index (κ3) is 7.90. The highest BCUT2D eigenvalue weighted by molar-refractivity contribution is 14.0. The van der Waals surface area contributed by atoms with Crippen LogP contribution in [0.4, 0.5) is 4.39 Å². The van der Waals surface area contributed by atoms with Crippen LogP contribution in [0.25, 0.3) is 0 Å². The zero-order chi connectivity index (χ0) is 17.4. The summed E-state index contributed by atoms with van der Waals surface area (Å²) < 4.78 is 13.6. The van der Waals surface area contributed by atoms with Gasteiger partial charge in [-0.25, -0.2) is 9.38 Å². The number of nitrogens with zero attached hydrogens (tertiary/aromatic N) is 2. The number of aliphatic imine (C=N–C) groups is 1. The lowest BCUT2D eigenvalue weighted by atomic mass is 9.94. The Balaban J connectivity index is 0.00000312. The molecule has 142 valence electrons. The first-order valence-corrected chi connectivity index (χ1v) is 9.04. The molecule has 2 N–H and O–H groups in total. The van der Waals surface area contributed by atoms with Gasteiger partial charge in [0.25, 0.3) is 0 Å². The number of rotatable bonds is 6. The Morgan fingerprint density at radius 2 is 2.00 bits per heavy atom. The van der Waals surface area contributed by atoms with E-state index in [4.69, 9.17) is 0 Å². The van der Waals surface area contributed by atoms with Crippen molar-refractivity contribution in [2.45, 2.75) is 39.7 Å². The van der Waals surface area contributed by atoms with Crippen LogP contribution in [-0.2, 0) is 6.54 Å². The van der Waals surface area contributed by atoms with Crippen molar-refractivity contribution >= 4 is 29.9 Å². The van der Waals surface area contributed by atoms with Gasteiger partial charge < -0.3 is 15.5 Å². The molecule has 6 heteroatoms. The summed E-state index contributed by atoms with van der Waals surface area (Å²) in [6.07, 6.45) is 3.75. The Morgan fingerprint density at radius 1 is 1.28 bits per heavy atom. The second kappa shape index (κ2) is 11.7. The normalized spacial score (nSPS) is 16.4. The minimum atomic E-state index is -0.164. The van der Waals surface area contributed by atoms with Crippen molar-refractivity contribution in [2.24, 2.45) is 10.9 Å². The average molecular weight is 462 g/mol. The van der Waals surface area contributed by atoms with Crippen LogP contribution in [-0.4, -0.2) is 44.1 Å². The Kier molecular flexibility index (Phi) is 10.3. The molecule has 0 bridgehead atoms. The van der Waals surface area contributed by atoms with E-state index in [0.717, 1.165) is 30.5 Å². The summed E-state index contributed by atoms with van der Waals surface area (Å²) in [6.45, 7) is 8.48. The number of hydrogen-bond donors (Lipinski definition) is 2. The molecule has 0 radical (unpaired) electrons. The van der Waals surface area contributed by atoms with Crippen LogP contribution in [0.3, 0.4) is 0 Å². The molecule has 1 saturated heterocycles. The predicted octanol–water partition coefficient (Wildman–Crippen LogP) is 3.54. The van der Waals surface area contributed by atoms with Crippen molar-refractivity contribution in [1.29, 1.82) is 0 Å². The number of halogens is 2. The fourth-order valence-corrected chi connectivity index (χ4v) is 2.99. The summed E-state index contributed by atoms with van der Waals surface area (Å²) in [5.41, 5.74) is 1.57. The van der Waals surface area contributed by atoms with Crippen LogP contribution in [0.5, 0.6) is 0 Å². The van der Waals surface area contributed by atoms with E-state index in [1.54, 1.807) is 19.1 Å². The molecule has 4 nitrogen and oxygen atoms in total. The van der Waals surface area contributed by atoms with E-state index >= 15 is 0 Å². The number of guanidine groups is 1. The van der Waals surface area contributed by atoms with Crippen molar-refractivity contribution in [1.82, 2.24) is 15.5 Å². The van der Waals surface area contributed by atoms with Crippen molar-refractivity contribution in [2.75, 3.05) is 33.2 Å². The molecule has 0 amide bonds. The van der Waals surface area contributed by atoms with E-state index in [9.17, 15) is 4.39 Å². The maximum atomic E-state index is 13.6. The second-order valence-corrected chi connectivity index (χ2v) is 6.74. The first-order chi connectivity index (χ1) is 11.6. The largest absolute Gasteiger partial charge is 0.357 e. The number of hydrogen-bond acceptors (Lipinski definition) is 2. The van der Waals surface area contributed by atoms with Gasteiger partial charge in [-0.2, -0.15) is 0 Å². The lowest BCUT2D eigenvalue weighted by molar-refractivity contribution is 0.213. The highest BCUT2D eigenvalue weighted by Gasteiger charge is 2.16. The molecule has 1 aromatic carbocycles. The van der Waals surface area contributed by atoms with Gasteiger partial charge in [-0.05, 0) is 76.4 Å². The van der Waals surface area contributed by atoms with E-state index in [1.165, 1.54) is 32.4 Å². The summed E-state index contributed by atoms with van der Waals surface area (Å²) in [7, 11) is 2.19. The predicted molar refractivity (Wildman–Crippen MR) is 114 cm³/mol. The smallest absolute Gasteiger partial charge is 0.191 e. The molecule has 0 aliphatic carbocycles. The molecule has 1 fully saturated rings. The van der Waals surface area contributed by atoms with Gasteiger partial charge in [0, 0.05) is 13.1 Å². The molecule has 1 aliphatic rings. The molecule has 0 atom stereocenters. The highest BCUT2D eigenvalue weighted by Crippen LogP contribution is 2.18. The summed E-state index contributed by atoms with van der Waals surface area (Å²) in [4.78, 5) is 6.97. The quantitative estimate of drug-likeness (QED) is 0.386. The third-order valence-corrected chi connectivity index (χ3v) is 4.68. The first kappa shape index (κ1) is 22.2. The van der Waals surface area contributed by atoms with Gasteiger partial charge in [0.05, 0.1) is 6.54 Å². The van der Waals surface area contributed by atoms with Gasteiger partial charge in [-0.15, -0.1) is 24.0 Å². The maximum Gasteiger partial charge on any atom is 0.191 e. The van der Waals surface area contributed by atoms with Crippen LogP contribution in [0.1, 0.15) is 37.3 Å². The van der Waals surface area contributed by atoms with Gasteiger partial charge in [0.15, 0.2) is 5.96 Å². The van der Waals surface area contributed by atoms with Gasteiger partial charge in [-0.3, -0.25) is 0 Å². The molecule has 0 aromatic heterocycles. The monoisotopic (exact) mass is 462 g/mol. The van der Waals surface area contributed by atoms with Crippen molar-refractivity contribution in [3.8, 4) is 0 Å². The molecular weight excluding hydrogens is 430 g/mol. The molecule has 1 aromatic rings. The molecule has 0 saturated carbocycles. The van der Waals surface area contributed by atoms with E-state index in [0.29, 0.717) is 12.1 Å². The van der Waals surface area contributed by atoms with Crippen molar-refractivity contribution in [3.63, 3.8) is 0 Å². The minimum Gasteiger partial charge on any atom is -0.357 e. The Hall–Kier alpha value is -0.890. The molecular formula is C19H32FIN4. The molecule has 1 aliphatic heterocycles. The minimum absolute atomic E-state index is 0. The van der Waals surface area contributed by atoms with Gasteiger partial charge >= 0.3 is 0 Å². The first-order valence-electron chi connectivity index (χ1n) is 9.04. The number of benzene rings is 1. The number of likely N-dealkylation sites (tertiary alicyclic amines) is 1. The Labute approximate surface area is 168 Å². The van der Waals surface area contributed by atoms with E-state index < -0.39 is 0 Å². The number of aryl methyl sites for hydroxylation is 1. The third-order valence-electron chi connectivity index (χ3n) is 4.68. The van der Waals surface area contributed by atoms with E-state index in [-0.39, 0.29) is 29.8 Å². The summed E-state index contributed by atoms with van der Waals surface area (Å²) in [5.74, 6) is 1.46. The maximum absolute atomic E-state index is 13.6. The topological polar surface area (TPSA) is 39.7 Å². The zero-order valence-corrected chi connectivity index (χ0v) is 18.0. The zero-order valence-electron chi connectivity index (χ0n) is 15.6. The second-order valence-electron chi connectivity index (χ2n) is 6.74. The fourth-order valence-electron chi connectivity index (χ4n) is 2.99.